The fourth-order valence-corrected chi connectivity index (χ4v) is 3.09. The molecule has 0 aliphatic carbocycles. The van der Waals surface area contributed by atoms with Gasteiger partial charge in [-0.15, -0.1) is 0 Å². The first-order valence-electron chi connectivity index (χ1n) is 8.90. The van der Waals surface area contributed by atoms with E-state index in [4.69, 9.17) is 4.42 Å². The van der Waals surface area contributed by atoms with Crippen molar-refractivity contribution >= 4 is 22.8 Å². The van der Waals surface area contributed by atoms with Crippen molar-refractivity contribution in [3.63, 3.8) is 0 Å². The molecule has 3 aromatic heterocycles. The van der Waals surface area contributed by atoms with Crippen molar-refractivity contribution in [2.24, 2.45) is 7.05 Å². The number of fused-ring (bicyclic) bond motifs is 1. The minimum absolute atomic E-state index is 0.00237. The van der Waals surface area contributed by atoms with Crippen molar-refractivity contribution < 1.29 is 14.0 Å². The molecule has 0 saturated heterocycles. The largest absolute Gasteiger partial charge is 0.463 e. The highest BCUT2D eigenvalue weighted by Gasteiger charge is 2.24. The molecule has 1 N–H and O–H groups in total. The summed E-state index contributed by atoms with van der Waals surface area (Å²) in [4.78, 5) is 31.4. The number of hydrogen-bond donors (Lipinski definition) is 1. The van der Waals surface area contributed by atoms with Crippen LogP contribution < -0.4 is 5.32 Å². The fraction of sp³-hybridized carbons (Fsp3) is 0.368. The highest BCUT2D eigenvalue weighted by Crippen LogP contribution is 2.28. The molecule has 0 unspecified atom stereocenters. The van der Waals surface area contributed by atoms with Gasteiger partial charge < -0.3 is 14.6 Å². The van der Waals surface area contributed by atoms with Crippen molar-refractivity contribution in [1.29, 1.82) is 0 Å². The second-order valence-corrected chi connectivity index (χ2v) is 6.21. The van der Waals surface area contributed by atoms with Crippen molar-refractivity contribution in [1.82, 2.24) is 25.0 Å². The lowest BCUT2D eigenvalue weighted by atomic mass is 10.1. The molecular formula is C19H23N5O3. The molecule has 0 fully saturated rings. The molecule has 0 aliphatic heterocycles. The molecule has 27 heavy (non-hydrogen) atoms. The first-order chi connectivity index (χ1) is 13.0. The van der Waals surface area contributed by atoms with Crippen LogP contribution in [-0.2, 0) is 11.8 Å². The van der Waals surface area contributed by atoms with Gasteiger partial charge in [0.25, 0.3) is 5.91 Å². The quantitative estimate of drug-likeness (QED) is 0.718. The Hall–Kier alpha value is -3.16. The van der Waals surface area contributed by atoms with E-state index in [0.29, 0.717) is 46.8 Å². The molecule has 0 radical (unpaired) electrons. The van der Waals surface area contributed by atoms with Crippen LogP contribution in [0.5, 0.6) is 0 Å². The molecule has 3 heterocycles. The third kappa shape index (κ3) is 3.55. The molecular weight excluding hydrogens is 346 g/mol. The topological polar surface area (TPSA) is 93.3 Å². The number of rotatable bonds is 6. The van der Waals surface area contributed by atoms with Gasteiger partial charge in [0.15, 0.2) is 11.4 Å². The zero-order chi connectivity index (χ0) is 19.6. The minimum atomic E-state index is -0.236. The van der Waals surface area contributed by atoms with E-state index in [9.17, 15) is 9.59 Å². The Kier molecular flexibility index (Phi) is 5.25. The number of likely N-dealkylation sites (N-methyl/N-ethyl adjacent to an activating group) is 2. The fourth-order valence-electron chi connectivity index (χ4n) is 3.09. The van der Waals surface area contributed by atoms with E-state index in [0.717, 1.165) is 0 Å². The maximum Gasteiger partial charge on any atom is 0.255 e. The first kappa shape index (κ1) is 18.6. The van der Waals surface area contributed by atoms with Crippen LogP contribution in [0.3, 0.4) is 0 Å². The van der Waals surface area contributed by atoms with Gasteiger partial charge in [-0.05, 0) is 39.0 Å². The number of carbonyl (C=O) groups excluding carboxylic acids is 2. The lowest BCUT2D eigenvalue weighted by molar-refractivity contribution is -0.121. The second kappa shape index (κ2) is 7.61. The van der Waals surface area contributed by atoms with E-state index in [-0.39, 0.29) is 18.4 Å². The van der Waals surface area contributed by atoms with Crippen LogP contribution in [0.2, 0.25) is 0 Å². The average Bonchev–Trinajstić information content (AvgIpc) is 3.27. The summed E-state index contributed by atoms with van der Waals surface area (Å²) >= 11 is 0. The summed E-state index contributed by atoms with van der Waals surface area (Å²) in [5, 5.41) is 7.82. The minimum Gasteiger partial charge on any atom is -0.463 e. The van der Waals surface area contributed by atoms with Crippen molar-refractivity contribution in [3.05, 3.63) is 35.7 Å². The molecule has 0 atom stereocenters. The SMILES string of the molecule is CCNC(=O)CN(CC)C(=O)c1cc(-c2ccco2)nc2c1c(C)nn2C. The lowest BCUT2D eigenvalue weighted by Gasteiger charge is -2.21. The average molecular weight is 369 g/mol. The number of pyridine rings is 1. The third-order valence-electron chi connectivity index (χ3n) is 4.35. The molecule has 8 nitrogen and oxygen atoms in total. The van der Waals surface area contributed by atoms with Crippen molar-refractivity contribution in [3.8, 4) is 11.5 Å². The lowest BCUT2D eigenvalue weighted by Crippen LogP contribution is -2.40. The number of aromatic nitrogens is 3. The first-order valence-corrected chi connectivity index (χ1v) is 8.90. The summed E-state index contributed by atoms with van der Waals surface area (Å²) < 4.78 is 7.10. The summed E-state index contributed by atoms with van der Waals surface area (Å²) in [6, 6.07) is 5.27. The smallest absolute Gasteiger partial charge is 0.255 e. The number of aryl methyl sites for hydroxylation is 2. The van der Waals surface area contributed by atoms with Crippen molar-refractivity contribution in [2.75, 3.05) is 19.6 Å². The van der Waals surface area contributed by atoms with Gasteiger partial charge >= 0.3 is 0 Å². The number of nitrogens with zero attached hydrogens (tertiary/aromatic N) is 4. The predicted octanol–water partition coefficient (Wildman–Crippen LogP) is 2.13. The van der Waals surface area contributed by atoms with Gasteiger partial charge in [0.05, 0.1) is 29.5 Å². The summed E-state index contributed by atoms with van der Waals surface area (Å²) in [7, 11) is 1.79. The summed E-state index contributed by atoms with van der Waals surface area (Å²) in [5.41, 5.74) is 2.32. The second-order valence-electron chi connectivity index (χ2n) is 6.21. The van der Waals surface area contributed by atoms with Crippen LogP contribution in [0.4, 0.5) is 0 Å². The number of amides is 2. The standard InChI is InChI=1S/C19H23N5O3/c1-5-20-16(25)11-24(6-2)19(26)13-10-14(15-8-7-9-27-15)21-18-17(13)12(3)22-23(18)4/h7-10H,5-6,11H2,1-4H3,(H,20,25). The maximum absolute atomic E-state index is 13.3. The summed E-state index contributed by atoms with van der Waals surface area (Å²) in [5.74, 6) is 0.142. The maximum atomic E-state index is 13.3. The summed E-state index contributed by atoms with van der Waals surface area (Å²) in [6.07, 6.45) is 1.56. The Morgan fingerprint density at radius 2 is 2.11 bits per heavy atom. The van der Waals surface area contributed by atoms with E-state index in [1.807, 2.05) is 20.8 Å². The normalized spacial score (nSPS) is 11.0. The zero-order valence-electron chi connectivity index (χ0n) is 15.9. The van der Waals surface area contributed by atoms with Gasteiger partial charge in [0.2, 0.25) is 5.91 Å². The van der Waals surface area contributed by atoms with Crippen LogP contribution in [0, 0.1) is 6.92 Å². The van der Waals surface area contributed by atoms with Crippen LogP contribution in [0.25, 0.3) is 22.5 Å². The number of carbonyl (C=O) groups is 2. The molecule has 0 saturated carbocycles. The van der Waals surface area contributed by atoms with Gasteiger partial charge in [0, 0.05) is 20.1 Å². The van der Waals surface area contributed by atoms with Gasteiger partial charge in [-0.2, -0.15) is 5.10 Å². The predicted molar refractivity (Wildman–Crippen MR) is 101 cm³/mol. The monoisotopic (exact) mass is 369 g/mol. The third-order valence-corrected chi connectivity index (χ3v) is 4.35. The van der Waals surface area contributed by atoms with E-state index in [1.54, 1.807) is 36.2 Å². The molecule has 3 aromatic rings. The number of furan rings is 1. The van der Waals surface area contributed by atoms with Gasteiger partial charge in [0.1, 0.15) is 5.69 Å². The van der Waals surface area contributed by atoms with E-state index in [2.05, 4.69) is 15.4 Å². The summed E-state index contributed by atoms with van der Waals surface area (Å²) in [6.45, 7) is 6.47. The van der Waals surface area contributed by atoms with Gasteiger partial charge in [-0.3, -0.25) is 14.3 Å². The highest BCUT2D eigenvalue weighted by molar-refractivity contribution is 6.08. The molecule has 0 bridgehead atoms. The highest BCUT2D eigenvalue weighted by atomic mass is 16.3. The number of hydrogen-bond acceptors (Lipinski definition) is 5. The van der Waals surface area contributed by atoms with Gasteiger partial charge in [-0.1, -0.05) is 0 Å². The van der Waals surface area contributed by atoms with E-state index < -0.39 is 0 Å². The van der Waals surface area contributed by atoms with Crippen LogP contribution in [0.1, 0.15) is 29.9 Å². The molecule has 3 rings (SSSR count). The van der Waals surface area contributed by atoms with Gasteiger partial charge in [-0.25, -0.2) is 4.98 Å². The Morgan fingerprint density at radius 1 is 1.33 bits per heavy atom. The Morgan fingerprint density at radius 3 is 2.74 bits per heavy atom. The Bertz CT molecular complexity index is 975. The molecule has 0 aromatic carbocycles. The molecule has 0 aliphatic rings. The Balaban J connectivity index is 2.11. The molecule has 142 valence electrons. The molecule has 8 heteroatoms. The molecule has 0 spiro atoms. The number of nitrogens with one attached hydrogen (secondary N) is 1. The molecule has 2 amide bonds. The van der Waals surface area contributed by atoms with Crippen molar-refractivity contribution in [2.45, 2.75) is 20.8 Å². The van der Waals surface area contributed by atoms with E-state index >= 15 is 0 Å². The van der Waals surface area contributed by atoms with Crippen LogP contribution >= 0.6 is 0 Å². The van der Waals surface area contributed by atoms with Crippen LogP contribution in [0.15, 0.2) is 28.9 Å². The van der Waals surface area contributed by atoms with E-state index in [1.165, 1.54) is 4.90 Å². The Labute approximate surface area is 157 Å². The van der Waals surface area contributed by atoms with Crippen LogP contribution in [-0.4, -0.2) is 51.1 Å². The zero-order valence-corrected chi connectivity index (χ0v) is 15.9.